The molecule has 0 aromatic heterocycles. The number of guanidine groups is 1. The van der Waals surface area contributed by atoms with Crippen LogP contribution in [0.5, 0.6) is 0 Å². The Labute approximate surface area is 108 Å². The summed E-state index contributed by atoms with van der Waals surface area (Å²) in [5.41, 5.74) is 6.56. The minimum absolute atomic E-state index is 0. The zero-order chi connectivity index (χ0) is 10.1. The maximum atomic E-state index is 5.90. The van der Waals surface area contributed by atoms with Crippen LogP contribution in [0.4, 0.5) is 0 Å². The maximum Gasteiger partial charge on any atom is 0.189 e. The fourth-order valence-electron chi connectivity index (χ4n) is 1.38. The first kappa shape index (κ1) is 12.6. The van der Waals surface area contributed by atoms with E-state index in [1.807, 2.05) is 12.1 Å². The van der Waals surface area contributed by atoms with E-state index in [9.17, 15) is 0 Å². The molecule has 3 nitrogen and oxygen atoms in total. The lowest BCUT2D eigenvalue weighted by Crippen LogP contribution is -2.29. The normalized spacial score (nSPS) is 19.1. The van der Waals surface area contributed by atoms with Crippen molar-refractivity contribution >= 4 is 46.1 Å². The van der Waals surface area contributed by atoms with Gasteiger partial charge in [0.15, 0.2) is 5.96 Å². The van der Waals surface area contributed by atoms with Gasteiger partial charge >= 0.3 is 0 Å². The summed E-state index contributed by atoms with van der Waals surface area (Å²) in [6.45, 7) is 0.643. The first-order chi connectivity index (χ1) is 6.66. The highest BCUT2D eigenvalue weighted by Crippen LogP contribution is 2.26. The molecule has 15 heavy (non-hydrogen) atoms. The van der Waals surface area contributed by atoms with Gasteiger partial charge in [-0.2, -0.15) is 0 Å². The van der Waals surface area contributed by atoms with Crippen LogP contribution >= 0.6 is 40.2 Å². The van der Waals surface area contributed by atoms with E-state index in [1.54, 1.807) is 6.07 Å². The number of aliphatic imine (C=N–C) groups is 1. The number of nitrogens with zero attached hydrogens (tertiary/aromatic N) is 1. The van der Waals surface area contributed by atoms with E-state index in [-0.39, 0.29) is 23.0 Å². The van der Waals surface area contributed by atoms with Gasteiger partial charge in [0, 0.05) is 0 Å². The lowest BCUT2D eigenvalue weighted by Gasteiger charge is -2.11. The Morgan fingerprint density at radius 2 is 2.07 bits per heavy atom. The van der Waals surface area contributed by atoms with Crippen molar-refractivity contribution in [1.82, 2.24) is 5.32 Å². The van der Waals surface area contributed by atoms with Gasteiger partial charge in [-0.05, 0) is 17.7 Å². The van der Waals surface area contributed by atoms with Crippen LogP contribution in [0.3, 0.4) is 0 Å². The molecule has 82 valence electrons. The van der Waals surface area contributed by atoms with Crippen molar-refractivity contribution in [1.29, 1.82) is 0 Å². The molecule has 0 bridgehead atoms. The lowest BCUT2D eigenvalue weighted by molar-refractivity contribution is 0.708. The first-order valence-corrected chi connectivity index (χ1v) is 4.94. The van der Waals surface area contributed by atoms with E-state index in [4.69, 9.17) is 28.9 Å². The topological polar surface area (TPSA) is 50.4 Å². The Morgan fingerprint density at radius 1 is 1.33 bits per heavy atom. The third-order valence-corrected chi connectivity index (χ3v) is 2.85. The number of nitrogens with one attached hydrogen (secondary N) is 1. The monoisotopic (exact) mass is 309 g/mol. The fourth-order valence-corrected chi connectivity index (χ4v) is 1.68. The summed E-state index contributed by atoms with van der Waals surface area (Å²) < 4.78 is 0. The van der Waals surface area contributed by atoms with Crippen molar-refractivity contribution in [3.8, 4) is 0 Å². The summed E-state index contributed by atoms with van der Waals surface area (Å²) in [5, 5.41) is 4.15. The van der Waals surface area contributed by atoms with Crippen molar-refractivity contribution in [2.75, 3.05) is 6.54 Å². The van der Waals surface area contributed by atoms with E-state index in [0.29, 0.717) is 22.5 Å². The van der Waals surface area contributed by atoms with Crippen LogP contribution in [0.15, 0.2) is 23.2 Å². The molecule has 0 radical (unpaired) electrons. The Morgan fingerprint density at radius 3 is 2.60 bits per heavy atom. The van der Waals surface area contributed by atoms with Gasteiger partial charge in [0.05, 0.1) is 22.6 Å². The second-order valence-electron chi connectivity index (χ2n) is 3.10. The third kappa shape index (κ3) is 2.77. The minimum Gasteiger partial charge on any atom is -0.370 e. The van der Waals surface area contributed by atoms with Crippen molar-refractivity contribution in [3.63, 3.8) is 0 Å². The summed E-state index contributed by atoms with van der Waals surface area (Å²) in [6.07, 6.45) is 0. The average Bonchev–Trinajstić information content (AvgIpc) is 2.57. The van der Waals surface area contributed by atoms with Gasteiger partial charge in [0.1, 0.15) is 0 Å². The maximum absolute atomic E-state index is 5.90. The summed E-state index contributed by atoms with van der Waals surface area (Å²) in [5.74, 6) is 0.473. The third-order valence-electron chi connectivity index (χ3n) is 2.11. The van der Waals surface area contributed by atoms with Gasteiger partial charge < -0.3 is 11.1 Å². The summed E-state index contributed by atoms with van der Waals surface area (Å²) in [4.78, 5) is 4.05. The van der Waals surface area contributed by atoms with E-state index in [0.717, 1.165) is 5.56 Å². The second-order valence-corrected chi connectivity index (χ2v) is 3.91. The predicted molar refractivity (Wildman–Crippen MR) is 69.2 cm³/mol. The molecule has 2 rings (SSSR count). The first-order valence-electron chi connectivity index (χ1n) is 4.18. The second kappa shape index (κ2) is 5.05. The van der Waals surface area contributed by atoms with E-state index < -0.39 is 0 Å². The van der Waals surface area contributed by atoms with E-state index >= 15 is 0 Å². The summed E-state index contributed by atoms with van der Waals surface area (Å²) in [6, 6.07) is 5.63. The number of hydrogen-bond donors (Lipinski definition) is 2. The summed E-state index contributed by atoms with van der Waals surface area (Å²) in [7, 11) is 0. The van der Waals surface area contributed by atoms with Gasteiger partial charge in [0.2, 0.25) is 0 Å². The molecule has 3 N–H and O–H groups in total. The highest BCUT2D eigenvalue weighted by molar-refractivity contribution is 8.93. The molecule has 0 saturated heterocycles. The molecule has 0 aliphatic carbocycles. The number of rotatable bonds is 1. The predicted octanol–water partition coefficient (Wildman–Crippen LogP) is 2.53. The highest BCUT2D eigenvalue weighted by atomic mass is 79.9. The molecule has 0 fully saturated rings. The molecule has 0 spiro atoms. The van der Waals surface area contributed by atoms with Crippen LogP contribution in [-0.4, -0.2) is 12.5 Å². The van der Waals surface area contributed by atoms with Crippen LogP contribution in [0.2, 0.25) is 10.0 Å². The van der Waals surface area contributed by atoms with Crippen molar-refractivity contribution in [3.05, 3.63) is 33.8 Å². The van der Waals surface area contributed by atoms with Gasteiger partial charge in [-0.25, -0.2) is 0 Å². The molecular formula is C9H10BrCl2N3. The molecule has 0 amide bonds. The largest absolute Gasteiger partial charge is 0.370 e. The molecule has 1 aromatic carbocycles. The molecule has 1 aliphatic heterocycles. The Bertz CT molecular complexity index is 395. The smallest absolute Gasteiger partial charge is 0.189 e. The Balaban J connectivity index is 0.00000112. The van der Waals surface area contributed by atoms with Crippen LogP contribution in [0.1, 0.15) is 11.6 Å². The molecule has 1 aliphatic rings. The van der Waals surface area contributed by atoms with E-state index in [1.165, 1.54) is 0 Å². The van der Waals surface area contributed by atoms with Gasteiger partial charge in [-0.1, -0.05) is 29.3 Å². The standard InChI is InChI=1S/C9H9Cl2N3.BrH/c10-6-2-1-5(3-7(6)11)8-4-13-9(12)14-8;/h1-3,8H,4H2,(H3,12,13,14);1H. The quantitative estimate of drug-likeness (QED) is 0.837. The number of benzene rings is 1. The number of halogens is 3. The van der Waals surface area contributed by atoms with Crippen molar-refractivity contribution in [2.24, 2.45) is 10.7 Å². The molecule has 1 atom stereocenters. The average molecular weight is 311 g/mol. The molecule has 6 heteroatoms. The number of hydrogen-bond acceptors (Lipinski definition) is 3. The van der Waals surface area contributed by atoms with Crippen molar-refractivity contribution < 1.29 is 0 Å². The SMILES string of the molecule is Br.NC1=NCC(c2ccc(Cl)c(Cl)c2)N1. The molecule has 1 heterocycles. The van der Waals surface area contributed by atoms with E-state index in [2.05, 4.69) is 10.3 Å². The number of nitrogens with two attached hydrogens (primary N) is 1. The molecular weight excluding hydrogens is 301 g/mol. The Hall–Kier alpha value is -0.450. The zero-order valence-electron chi connectivity index (χ0n) is 7.71. The van der Waals surface area contributed by atoms with Crippen LogP contribution in [0, 0.1) is 0 Å². The van der Waals surface area contributed by atoms with Crippen molar-refractivity contribution in [2.45, 2.75) is 6.04 Å². The molecule has 1 aromatic rings. The lowest BCUT2D eigenvalue weighted by atomic mass is 10.1. The van der Waals surface area contributed by atoms with Gasteiger partial charge in [-0.15, -0.1) is 17.0 Å². The zero-order valence-corrected chi connectivity index (χ0v) is 10.9. The van der Waals surface area contributed by atoms with Gasteiger partial charge in [0.25, 0.3) is 0 Å². The van der Waals surface area contributed by atoms with Crippen LogP contribution < -0.4 is 11.1 Å². The summed E-state index contributed by atoms with van der Waals surface area (Å²) >= 11 is 11.7. The molecule has 1 unspecified atom stereocenters. The van der Waals surface area contributed by atoms with Gasteiger partial charge in [-0.3, -0.25) is 4.99 Å². The fraction of sp³-hybridized carbons (Fsp3) is 0.222. The molecule has 0 saturated carbocycles. The van der Waals surface area contributed by atoms with Crippen LogP contribution in [0.25, 0.3) is 0 Å². The minimum atomic E-state index is 0. The van der Waals surface area contributed by atoms with Crippen LogP contribution in [-0.2, 0) is 0 Å². The highest BCUT2D eigenvalue weighted by Gasteiger charge is 2.17. The Kier molecular flexibility index (Phi) is 4.25.